The molecule has 0 fully saturated rings. The van der Waals surface area contributed by atoms with E-state index in [9.17, 15) is 0 Å². The summed E-state index contributed by atoms with van der Waals surface area (Å²) < 4.78 is 6.74. The number of halogens is 1. The Balaban J connectivity index is 2.17. The molecule has 17 heavy (non-hydrogen) atoms. The van der Waals surface area contributed by atoms with Crippen LogP contribution in [0.3, 0.4) is 0 Å². The SMILES string of the molecule is CNCc1ccc(Oc2ccccc2)c(Br)c1. The minimum atomic E-state index is 0.830. The lowest BCUT2D eigenvalue weighted by atomic mass is 10.2. The number of rotatable bonds is 4. The summed E-state index contributed by atoms with van der Waals surface area (Å²) in [6, 6.07) is 15.9. The maximum absolute atomic E-state index is 5.77. The van der Waals surface area contributed by atoms with Gasteiger partial charge in [-0.3, -0.25) is 0 Å². The van der Waals surface area contributed by atoms with Crippen LogP contribution in [0.4, 0.5) is 0 Å². The van der Waals surface area contributed by atoms with Crippen molar-refractivity contribution in [1.29, 1.82) is 0 Å². The number of hydrogen-bond donors (Lipinski definition) is 1. The van der Waals surface area contributed by atoms with Gasteiger partial charge in [-0.1, -0.05) is 24.3 Å². The molecule has 0 aliphatic carbocycles. The molecule has 0 aromatic heterocycles. The van der Waals surface area contributed by atoms with Crippen molar-refractivity contribution in [2.24, 2.45) is 0 Å². The van der Waals surface area contributed by atoms with E-state index >= 15 is 0 Å². The number of ether oxygens (including phenoxy) is 1. The summed E-state index contributed by atoms with van der Waals surface area (Å²) in [5.41, 5.74) is 1.22. The van der Waals surface area contributed by atoms with Crippen molar-refractivity contribution < 1.29 is 4.74 Å². The highest BCUT2D eigenvalue weighted by atomic mass is 79.9. The second-order valence-corrected chi connectivity index (χ2v) is 4.56. The Bertz CT molecular complexity index is 485. The van der Waals surface area contributed by atoms with Crippen LogP contribution in [0.15, 0.2) is 53.0 Å². The molecule has 3 heteroatoms. The van der Waals surface area contributed by atoms with Crippen LogP contribution >= 0.6 is 15.9 Å². The van der Waals surface area contributed by atoms with E-state index in [0.29, 0.717) is 0 Å². The van der Waals surface area contributed by atoms with Gasteiger partial charge in [-0.15, -0.1) is 0 Å². The monoisotopic (exact) mass is 291 g/mol. The molecule has 0 heterocycles. The van der Waals surface area contributed by atoms with Gasteiger partial charge in [0.15, 0.2) is 0 Å². The zero-order chi connectivity index (χ0) is 12.1. The molecule has 0 spiro atoms. The molecule has 0 bridgehead atoms. The smallest absolute Gasteiger partial charge is 0.141 e. The van der Waals surface area contributed by atoms with Gasteiger partial charge < -0.3 is 10.1 Å². The lowest BCUT2D eigenvalue weighted by molar-refractivity contribution is 0.479. The normalized spacial score (nSPS) is 10.2. The van der Waals surface area contributed by atoms with Crippen molar-refractivity contribution in [2.45, 2.75) is 6.54 Å². The van der Waals surface area contributed by atoms with E-state index in [4.69, 9.17) is 4.74 Å². The second kappa shape index (κ2) is 5.84. The molecule has 2 nitrogen and oxygen atoms in total. The lowest BCUT2D eigenvalue weighted by Gasteiger charge is -2.09. The zero-order valence-electron chi connectivity index (χ0n) is 9.61. The average Bonchev–Trinajstić information content (AvgIpc) is 2.34. The van der Waals surface area contributed by atoms with Crippen LogP contribution < -0.4 is 10.1 Å². The largest absolute Gasteiger partial charge is 0.456 e. The molecule has 0 saturated carbocycles. The predicted octanol–water partition coefficient (Wildman–Crippen LogP) is 3.96. The molecule has 0 saturated heterocycles. The van der Waals surface area contributed by atoms with Gasteiger partial charge in [0.05, 0.1) is 4.47 Å². The fourth-order valence-electron chi connectivity index (χ4n) is 1.56. The summed E-state index contributed by atoms with van der Waals surface area (Å²) in [6.07, 6.45) is 0. The van der Waals surface area contributed by atoms with Crippen molar-refractivity contribution in [1.82, 2.24) is 5.32 Å². The van der Waals surface area contributed by atoms with Crippen LogP contribution in [-0.4, -0.2) is 7.05 Å². The van der Waals surface area contributed by atoms with Gasteiger partial charge in [0, 0.05) is 6.54 Å². The highest BCUT2D eigenvalue weighted by Crippen LogP contribution is 2.30. The minimum absolute atomic E-state index is 0.830. The maximum Gasteiger partial charge on any atom is 0.141 e. The number of para-hydroxylation sites is 1. The number of benzene rings is 2. The Morgan fingerprint density at radius 2 is 1.88 bits per heavy atom. The van der Waals surface area contributed by atoms with E-state index in [2.05, 4.69) is 33.4 Å². The molecule has 0 radical (unpaired) electrons. The molecule has 2 aromatic rings. The molecule has 0 aliphatic heterocycles. The van der Waals surface area contributed by atoms with Gasteiger partial charge in [-0.25, -0.2) is 0 Å². The van der Waals surface area contributed by atoms with Crippen LogP contribution in [-0.2, 0) is 6.54 Å². The van der Waals surface area contributed by atoms with Gasteiger partial charge in [0.25, 0.3) is 0 Å². The number of nitrogens with one attached hydrogen (secondary N) is 1. The molecule has 0 atom stereocenters. The molecule has 0 amide bonds. The molecular weight excluding hydrogens is 278 g/mol. The highest BCUT2D eigenvalue weighted by Gasteiger charge is 2.03. The van der Waals surface area contributed by atoms with Crippen LogP contribution in [0, 0.1) is 0 Å². The Hall–Kier alpha value is -1.32. The minimum Gasteiger partial charge on any atom is -0.456 e. The maximum atomic E-state index is 5.77. The van der Waals surface area contributed by atoms with E-state index < -0.39 is 0 Å². The van der Waals surface area contributed by atoms with Gasteiger partial charge in [-0.05, 0) is 52.8 Å². The quantitative estimate of drug-likeness (QED) is 0.921. The van der Waals surface area contributed by atoms with Gasteiger partial charge >= 0.3 is 0 Å². The Morgan fingerprint density at radius 1 is 1.12 bits per heavy atom. The number of hydrogen-bond acceptors (Lipinski definition) is 2. The third-order valence-corrected chi connectivity index (χ3v) is 2.97. The fraction of sp³-hybridized carbons (Fsp3) is 0.143. The second-order valence-electron chi connectivity index (χ2n) is 3.71. The van der Waals surface area contributed by atoms with Gasteiger partial charge in [0.2, 0.25) is 0 Å². The summed E-state index contributed by atoms with van der Waals surface area (Å²) in [7, 11) is 1.93. The first kappa shape index (κ1) is 12.1. The van der Waals surface area contributed by atoms with E-state index in [0.717, 1.165) is 22.5 Å². The topological polar surface area (TPSA) is 21.3 Å². The van der Waals surface area contributed by atoms with Crippen molar-refractivity contribution in [3.63, 3.8) is 0 Å². The van der Waals surface area contributed by atoms with E-state index in [1.165, 1.54) is 5.56 Å². The van der Waals surface area contributed by atoms with Gasteiger partial charge in [-0.2, -0.15) is 0 Å². The molecule has 88 valence electrons. The Kier molecular flexibility index (Phi) is 4.18. The first-order valence-electron chi connectivity index (χ1n) is 5.45. The predicted molar refractivity (Wildman–Crippen MR) is 73.4 cm³/mol. The van der Waals surface area contributed by atoms with Gasteiger partial charge in [0.1, 0.15) is 11.5 Å². The average molecular weight is 292 g/mol. The molecule has 0 unspecified atom stereocenters. The third kappa shape index (κ3) is 3.32. The summed E-state index contributed by atoms with van der Waals surface area (Å²) in [4.78, 5) is 0. The first-order chi connectivity index (χ1) is 8.29. The summed E-state index contributed by atoms with van der Waals surface area (Å²) >= 11 is 3.52. The fourth-order valence-corrected chi connectivity index (χ4v) is 2.06. The third-order valence-electron chi connectivity index (χ3n) is 2.35. The molecule has 2 rings (SSSR count). The lowest BCUT2D eigenvalue weighted by Crippen LogP contribution is -2.04. The molecular formula is C14H14BrNO. The standard InChI is InChI=1S/C14H14BrNO/c1-16-10-11-7-8-14(13(15)9-11)17-12-5-3-2-4-6-12/h2-9,16H,10H2,1H3. The summed E-state index contributed by atoms with van der Waals surface area (Å²) in [5.74, 6) is 1.67. The molecule has 1 N–H and O–H groups in total. The molecule has 2 aromatic carbocycles. The van der Waals surface area contributed by atoms with Crippen LogP contribution in [0.25, 0.3) is 0 Å². The zero-order valence-corrected chi connectivity index (χ0v) is 11.2. The van der Waals surface area contributed by atoms with E-state index in [1.54, 1.807) is 0 Å². The molecule has 0 aliphatic rings. The van der Waals surface area contributed by atoms with Crippen molar-refractivity contribution in [3.05, 3.63) is 58.6 Å². The Labute approximate surface area is 110 Å². The van der Waals surface area contributed by atoms with Crippen LogP contribution in [0.2, 0.25) is 0 Å². The summed E-state index contributed by atoms with van der Waals surface area (Å²) in [6.45, 7) is 0.851. The van der Waals surface area contributed by atoms with Crippen LogP contribution in [0.5, 0.6) is 11.5 Å². The Morgan fingerprint density at radius 3 is 2.53 bits per heavy atom. The van der Waals surface area contributed by atoms with E-state index in [-0.39, 0.29) is 0 Å². The van der Waals surface area contributed by atoms with Crippen molar-refractivity contribution >= 4 is 15.9 Å². The van der Waals surface area contributed by atoms with E-state index in [1.807, 2.05) is 43.4 Å². The van der Waals surface area contributed by atoms with Crippen molar-refractivity contribution in [3.8, 4) is 11.5 Å². The first-order valence-corrected chi connectivity index (χ1v) is 6.25. The van der Waals surface area contributed by atoms with Crippen molar-refractivity contribution in [2.75, 3.05) is 7.05 Å². The highest BCUT2D eigenvalue weighted by molar-refractivity contribution is 9.10. The van der Waals surface area contributed by atoms with Crippen LogP contribution in [0.1, 0.15) is 5.56 Å². The summed E-state index contributed by atoms with van der Waals surface area (Å²) in [5, 5.41) is 3.12.